The summed E-state index contributed by atoms with van der Waals surface area (Å²) in [5.41, 5.74) is 6.84. The second-order valence-corrected chi connectivity index (χ2v) is 26.1. The molecule has 3 aromatic carbocycles. The number of amides is 6. The van der Waals surface area contributed by atoms with Gasteiger partial charge in [-0.1, -0.05) is 12.6 Å². The van der Waals surface area contributed by atoms with Crippen LogP contribution in [0.3, 0.4) is 0 Å². The first-order valence-corrected chi connectivity index (χ1v) is 32.2. The van der Waals surface area contributed by atoms with Crippen molar-refractivity contribution in [3.63, 3.8) is 0 Å². The molecule has 1 aliphatic heterocycles. The van der Waals surface area contributed by atoms with Gasteiger partial charge in [0, 0.05) is 85.5 Å². The van der Waals surface area contributed by atoms with Gasteiger partial charge in [-0.25, -0.2) is 13.2 Å². The van der Waals surface area contributed by atoms with Crippen LogP contribution in [0, 0.1) is 79.8 Å². The van der Waals surface area contributed by atoms with E-state index in [1.807, 2.05) is 41.0 Å². The average Bonchev–Trinajstić information content (AvgIpc) is 1.48. The molecule has 0 bridgehead atoms. The smallest absolute Gasteiger partial charge is 0.294 e. The summed E-state index contributed by atoms with van der Waals surface area (Å²) >= 11 is 2.92. The summed E-state index contributed by atoms with van der Waals surface area (Å²) in [5.74, 6) is -6.90. The maximum Gasteiger partial charge on any atom is 0.294 e. The summed E-state index contributed by atoms with van der Waals surface area (Å²) in [7, 11) is 4.89. The molecule has 0 saturated carbocycles. The van der Waals surface area contributed by atoms with E-state index in [-0.39, 0.29) is 46.6 Å². The number of nitrogens with one attached hydrogen (secondary N) is 6. The van der Waals surface area contributed by atoms with Gasteiger partial charge in [0.15, 0.2) is 0 Å². The molecule has 1 unspecified atom stereocenters. The molecule has 506 valence electrons. The van der Waals surface area contributed by atoms with Crippen molar-refractivity contribution in [1.82, 2.24) is 34.6 Å². The number of likely N-dealkylation sites (tertiary alicyclic amines) is 1. The fraction of sp³-hybridized carbons (Fsp3) is 0.310. The third kappa shape index (κ3) is 16.4. The highest BCUT2D eigenvalue weighted by molar-refractivity contribution is 7.10. The number of anilines is 3. The summed E-state index contributed by atoms with van der Waals surface area (Å²) in [6.45, 7) is 25.4. The van der Waals surface area contributed by atoms with E-state index in [0.29, 0.717) is 110 Å². The largest absolute Gasteiger partial charge is 0.383 e. The second-order valence-electron chi connectivity index (χ2n) is 24.4. The van der Waals surface area contributed by atoms with Crippen molar-refractivity contribution in [2.24, 2.45) is 21.1 Å². The zero-order valence-corrected chi connectivity index (χ0v) is 57.9. The second kappa shape index (κ2) is 30.2. The third-order valence-electron chi connectivity index (χ3n) is 16.9. The van der Waals surface area contributed by atoms with Gasteiger partial charge >= 0.3 is 0 Å². The van der Waals surface area contributed by atoms with Crippen LogP contribution in [0.4, 0.5) is 30.2 Å². The van der Waals surface area contributed by atoms with Crippen molar-refractivity contribution in [3.8, 4) is 0 Å². The number of hydrogen-bond donors (Lipinski definition) is 7. The molecule has 1 aliphatic rings. The Bertz CT molecular complexity index is 4400. The maximum absolute atomic E-state index is 13.5. The SMILES string of the molecule is C=C(C)N1CC(C)(NC(=O)C(=O)c2c(C)c(C(=O)Nc3ccc(F)c(C)c3)c(C)n2C)C1.Cc1cc(NC(=O)c2c(C)c(C(=O)C(=O)NCC(C)(O)c3cccs3)n(C)c2C)ccc1F.Cc1cc(NC(=O)c2c(C)c(C(=O)C(=O)NCCc3ccsc3)n(C)c2C)ccc1F. The predicted octanol–water partition coefficient (Wildman–Crippen LogP) is 10.8. The van der Waals surface area contributed by atoms with Gasteiger partial charge in [-0.2, -0.15) is 11.3 Å². The number of aliphatic hydroxyl groups is 1. The van der Waals surface area contributed by atoms with Crippen LogP contribution in [0.5, 0.6) is 0 Å². The van der Waals surface area contributed by atoms with Crippen LogP contribution >= 0.6 is 22.7 Å². The summed E-state index contributed by atoms with van der Waals surface area (Å²) in [4.78, 5) is 118. The van der Waals surface area contributed by atoms with E-state index in [4.69, 9.17) is 0 Å². The number of benzene rings is 3. The zero-order chi connectivity index (χ0) is 71.2. The van der Waals surface area contributed by atoms with Gasteiger partial charge in [0.05, 0.1) is 45.9 Å². The number of ketones is 3. The Hall–Kier alpha value is -9.98. The minimum atomic E-state index is -1.32. The molecule has 1 fully saturated rings. The van der Waals surface area contributed by atoms with Gasteiger partial charge in [0.1, 0.15) is 23.1 Å². The number of halogens is 3. The summed E-state index contributed by atoms with van der Waals surface area (Å²) in [5, 5.41) is 32.5. The molecule has 25 heteroatoms. The predicted molar refractivity (Wildman–Crippen MR) is 366 cm³/mol. The molecule has 0 aliphatic carbocycles. The number of aromatic nitrogens is 3. The molecule has 1 saturated heterocycles. The molecular formula is C71H79F3N10O10S2. The monoisotopic (exact) mass is 1350 g/mol. The molecule has 5 aromatic heterocycles. The van der Waals surface area contributed by atoms with E-state index in [1.165, 1.54) is 70.5 Å². The van der Waals surface area contributed by atoms with Gasteiger partial charge in [0.2, 0.25) is 0 Å². The Balaban J connectivity index is 0.000000203. The number of hydrogen-bond acceptors (Lipinski definition) is 13. The van der Waals surface area contributed by atoms with E-state index in [2.05, 4.69) is 38.5 Å². The van der Waals surface area contributed by atoms with Gasteiger partial charge in [-0.15, -0.1) is 11.3 Å². The number of allylic oxidation sites excluding steroid dienone is 1. The lowest BCUT2D eigenvalue weighted by Crippen LogP contribution is -2.68. The number of Topliss-reactive ketones (excluding diaryl/α,β-unsaturated/α-hetero) is 3. The Labute approximate surface area is 563 Å². The number of carbonyl (C=O) groups excluding carboxylic acids is 9. The molecule has 9 rings (SSSR count). The van der Waals surface area contributed by atoms with Crippen molar-refractivity contribution >= 4 is 92.5 Å². The van der Waals surface area contributed by atoms with E-state index >= 15 is 0 Å². The number of thiophene rings is 2. The van der Waals surface area contributed by atoms with Crippen molar-refractivity contribution in [1.29, 1.82) is 0 Å². The van der Waals surface area contributed by atoms with Crippen molar-refractivity contribution in [3.05, 3.63) is 213 Å². The fourth-order valence-corrected chi connectivity index (χ4v) is 12.8. The Morgan fingerprint density at radius 1 is 0.573 bits per heavy atom. The van der Waals surface area contributed by atoms with E-state index in [9.17, 15) is 61.4 Å². The van der Waals surface area contributed by atoms with Gasteiger partial charge in [-0.05, 0) is 211 Å². The molecule has 7 N–H and O–H groups in total. The number of aryl methyl sites for hydroxylation is 3. The number of rotatable bonds is 20. The van der Waals surface area contributed by atoms with Crippen LogP contribution in [0.25, 0.3) is 0 Å². The van der Waals surface area contributed by atoms with Crippen molar-refractivity contribution in [2.45, 2.75) is 101 Å². The Morgan fingerprint density at radius 3 is 1.30 bits per heavy atom. The van der Waals surface area contributed by atoms with Crippen molar-refractivity contribution < 1.29 is 61.4 Å². The topological polar surface area (TPSA) is 264 Å². The molecule has 0 spiro atoms. The quantitative estimate of drug-likeness (QED) is 0.0279. The highest BCUT2D eigenvalue weighted by atomic mass is 32.1. The lowest BCUT2D eigenvalue weighted by atomic mass is 9.91. The minimum Gasteiger partial charge on any atom is -0.383 e. The molecule has 6 heterocycles. The first-order chi connectivity index (χ1) is 45.0. The van der Waals surface area contributed by atoms with Crippen LogP contribution in [-0.2, 0) is 47.5 Å². The van der Waals surface area contributed by atoms with Gasteiger partial charge in [-0.3, -0.25) is 43.2 Å². The van der Waals surface area contributed by atoms with Gasteiger partial charge < -0.3 is 55.6 Å². The maximum atomic E-state index is 13.5. The highest BCUT2D eigenvalue weighted by Gasteiger charge is 2.42. The standard InChI is InChI=1S/C24H29FN4O3.C24H26FN3O4S.C23H24FN3O3S/c1-13(2)29-11-24(6,12-29)27-23(32)21(30)20-15(4)19(16(5)28(20)7)22(31)26-17-8-9-18(25)14(3)10-17;1-13-11-16(8-9-17(13)25)27-22(30)19-14(2)20(28(5)15(19)3)21(29)23(31)26-12-24(4,32)18-7-6-10-33-18;1-13-11-17(5-6-18(13)24)26-22(29)19-14(2)20(27(4)15(19)3)21(28)23(30)25-9-7-16-8-10-31-12-16/h8-10H,1,11-12H2,2-7H3,(H,26,31)(H,27,32);6-11,32H,12H2,1-5H3,(H,26,31)(H,27,30);5-6,8,10-12H,7,9H2,1-4H3,(H,25,30)(H,26,29). The highest BCUT2D eigenvalue weighted by Crippen LogP contribution is 2.30. The summed E-state index contributed by atoms with van der Waals surface area (Å²) in [6, 6.07) is 18.3. The number of carbonyl (C=O) groups is 9. The van der Waals surface area contributed by atoms with Crippen molar-refractivity contribution in [2.75, 3.05) is 42.1 Å². The van der Waals surface area contributed by atoms with E-state index in [0.717, 1.165) is 11.3 Å². The molecule has 96 heavy (non-hydrogen) atoms. The molecule has 20 nitrogen and oxygen atoms in total. The first kappa shape index (κ1) is 73.4. The lowest BCUT2D eigenvalue weighted by Gasteiger charge is -2.49. The molecule has 8 aromatic rings. The average molecular weight is 1350 g/mol. The summed E-state index contributed by atoms with van der Waals surface area (Å²) in [6.07, 6.45) is 0.637. The molecule has 1 atom stereocenters. The Morgan fingerprint density at radius 2 is 0.958 bits per heavy atom. The van der Waals surface area contributed by atoms with E-state index in [1.54, 1.807) is 123 Å². The minimum absolute atomic E-state index is 0.0844. The first-order valence-electron chi connectivity index (χ1n) is 30.4. The molecule has 6 amide bonds. The lowest BCUT2D eigenvalue weighted by molar-refractivity contribution is -0.120. The van der Waals surface area contributed by atoms with Crippen LogP contribution in [0.1, 0.15) is 144 Å². The Kier molecular flexibility index (Phi) is 23.1. The summed E-state index contributed by atoms with van der Waals surface area (Å²) < 4.78 is 45.1. The van der Waals surface area contributed by atoms with E-state index < -0.39 is 63.9 Å². The van der Waals surface area contributed by atoms with Crippen LogP contribution in [0.15, 0.2) is 101 Å². The zero-order valence-electron chi connectivity index (χ0n) is 56.3. The molecule has 0 radical (unpaired) electrons. The van der Waals surface area contributed by atoms with Crippen LogP contribution < -0.4 is 31.9 Å². The van der Waals surface area contributed by atoms with Gasteiger partial charge in [0.25, 0.3) is 52.8 Å². The van der Waals surface area contributed by atoms with Crippen LogP contribution in [-0.4, -0.2) is 108 Å². The number of nitrogens with zero attached hydrogens (tertiary/aromatic N) is 4. The fourth-order valence-electron chi connectivity index (χ4n) is 11.3. The third-order valence-corrected chi connectivity index (χ3v) is 18.8. The normalized spacial score (nSPS) is 12.7. The van der Waals surface area contributed by atoms with Crippen LogP contribution in [0.2, 0.25) is 0 Å². The molecular weight excluding hydrogens is 1270 g/mol.